The molecule has 0 saturated carbocycles. The van der Waals surface area contributed by atoms with Crippen LogP contribution >= 0.6 is 15.9 Å². The molecule has 0 atom stereocenters. The van der Waals surface area contributed by atoms with Gasteiger partial charge in [0, 0.05) is 17.2 Å². The van der Waals surface area contributed by atoms with E-state index in [1.807, 2.05) is 0 Å². The lowest BCUT2D eigenvalue weighted by molar-refractivity contribution is -0.143. The molecule has 0 spiro atoms. The molecule has 106 valence electrons. The number of nitrogen functional groups attached to an aromatic ring is 1. The molecule has 0 amide bonds. The highest BCUT2D eigenvalue weighted by Gasteiger charge is 2.25. The Bertz CT molecular complexity index is 574. The second-order valence-electron chi connectivity index (χ2n) is 3.76. The van der Waals surface area contributed by atoms with Gasteiger partial charge in [0.05, 0.1) is 11.5 Å². The zero-order valence-electron chi connectivity index (χ0n) is 10.6. The third kappa shape index (κ3) is 3.92. The van der Waals surface area contributed by atoms with Gasteiger partial charge in [-0.3, -0.25) is 4.79 Å². The summed E-state index contributed by atoms with van der Waals surface area (Å²) in [6.07, 6.45) is 0. The number of benzene rings is 1. The molecule has 0 aromatic heterocycles. The number of hydrogen-bond donors (Lipinski definition) is 1. The minimum atomic E-state index is -3.80. The van der Waals surface area contributed by atoms with Crippen LogP contribution in [-0.4, -0.2) is 38.9 Å². The number of carbonyl (C=O) groups excluding carboxylic acids is 1. The fourth-order valence-electron chi connectivity index (χ4n) is 1.36. The van der Waals surface area contributed by atoms with E-state index in [0.717, 1.165) is 4.31 Å². The first-order valence-electron chi connectivity index (χ1n) is 5.46. The second kappa shape index (κ2) is 6.36. The molecule has 0 saturated heterocycles. The maximum atomic E-state index is 12.3. The van der Waals surface area contributed by atoms with E-state index in [2.05, 4.69) is 15.9 Å². The number of esters is 1. The SMILES string of the molecule is CCOC(=O)CN(C)S(=O)(=O)c1cc(N)ccc1Br. The first-order chi connectivity index (χ1) is 8.78. The summed E-state index contributed by atoms with van der Waals surface area (Å²) in [5, 5.41) is 0. The van der Waals surface area contributed by atoms with Crippen LogP contribution in [0.4, 0.5) is 5.69 Å². The maximum Gasteiger partial charge on any atom is 0.321 e. The molecule has 1 aromatic carbocycles. The van der Waals surface area contributed by atoms with E-state index in [4.69, 9.17) is 10.5 Å². The molecule has 6 nitrogen and oxygen atoms in total. The van der Waals surface area contributed by atoms with Crippen molar-refractivity contribution in [3.63, 3.8) is 0 Å². The lowest BCUT2D eigenvalue weighted by Gasteiger charge is -2.17. The number of likely N-dealkylation sites (N-methyl/N-ethyl adjacent to an activating group) is 1. The van der Waals surface area contributed by atoms with E-state index >= 15 is 0 Å². The summed E-state index contributed by atoms with van der Waals surface area (Å²) in [4.78, 5) is 11.3. The van der Waals surface area contributed by atoms with E-state index < -0.39 is 16.0 Å². The minimum Gasteiger partial charge on any atom is -0.465 e. The van der Waals surface area contributed by atoms with E-state index in [-0.39, 0.29) is 18.0 Å². The standard InChI is InChI=1S/C11H15BrN2O4S/c1-3-18-11(15)7-14(2)19(16,17)10-6-8(13)4-5-9(10)12/h4-6H,3,7,13H2,1-2H3. The van der Waals surface area contributed by atoms with E-state index in [1.54, 1.807) is 19.1 Å². The van der Waals surface area contributed by atoms with E-state index in [0.29, 0.717) is 10.2 Å². The zero-order valence-corrected chi connectivity index (χ0v) is 13.0. The van der Waals surface area contributed by atoms with Crippen LogP contribution in [0.5, 0.6) is 0 Å². The van der Waals surface area contributed by atoms with Gasteiger partial charge in [-0.05, 0) is 41.1 Å². The molecule has 0 fully saturated rings. The summed E-state index contributed by atoms with van der Waals surface area (Å²) in [6, 6.07) is 4.45. The number of halogens is 1. The van der Waals surface area contributed by atoms with Gasteiger partial charge in [0.15, 0.2) is 0 Å². The summed E-state index contributed by atoms with van der Waals surface area (Å²) in [5.41, 5.74) is 5.90. The Morgan fingerprint density at radius 2 is 2.11 bits per heavy atom. The monoisotopic (exact) mass is 350 g/mol. The summed E-state index contributed by atoms with van der Waals surface area (Å²) < 4.78 is 30.6. The first kappa shape index (κ1) is 15.9. The second-order valence-corrected chi connectivity index (χ2v) is 6.62. The van der Waals surface area contributed by atoms with Crippen molar-refractivity contribution >= 4 is 37.6 Å². The Morgan fingerprint density at radius 3 is 2.68 bits per heavy atom. The lowest BCUT2D eigenvalue weighted by atomic mass is 10.3. The predicted molar refractivity (Wildman–Crippen MR) is 75.0 cm³/mol. The number of nitrogens with two attached hydrogens (primary N) is 1. The van der Waals surface area contributed by atoms with Gasteiger partial charge >= 0.3 is 5.97 Å². The van der Waals surface area contributed by atoms with Gasteiger partial charge in [-0.25, -0.2) is 8.42 Å². The van der Waals surface area contributed by atoms with Gasteiger partial charge in [0.2, 0.25) is 10.0 Å². The molecule has 0 aliphatic heterocycles. The highest BCUT2D eigenvalue weighted by molar-refractivity contribution is 9.10. The van der Waals surface area contributed by atoms with Gasteiger partial charge < -0.3 is 10.5 Å². The Morgan fingerprint density at radius 1 is 1.47 bits per heavy atom. The van der Waals surface area contributed by atoms with Crippen molar-refractivity contribution in [3.8, 4) is 0 Å². The number of rotatable bonds is 5. The van der Waals surface area contributed by atoms with Crippen molar-refractivity contribution < 1.29 is 17.9 Å². The van der Waals surface area contributed by atoms with Crippen LogP contribution in [0, 0.1) is 0 Å². The van der Waals surface area contributed by atoms with Gasteiger partial charge in [0.1, 0.15) is 6.54 Å². The van der Waals surface area contributed by atoms with Crippen molar-refractivity contribution in [2.24, 2.45) is 0 Å². The normalized spacial score (nSPS) is 11.6. The predicted octanol–water partition coefficient (Wildman–Crippen LogP) is 1.21. The Labute approximate surface area is 120 Å². The van der Waals surface area contributed by atoms with Gasteiger partial charge in [-0.2, -0.15) is 4.31 Å². The van der Waals surface area contributed by atoms with Crippen LogP contribution < -0.4 is 5.73 Å². The first-order valence-corrected chi connectivity index (χ1v) is 7.69. The van der Waals surface area contributed by atoms with Gasteiger partial charge in [-0.1, -0.05) is 0 Å². The third-order valence-corrected chi connectivity index (χ3v) is 5.10. The van der Waals surface area contributed by atoms with Crippen LogP contribution in [0.25, 0.3) is 0 Å². The minimum absolute atomic E-state index is 0.0132. The Hall–Kier alpha value is -1.12. The molecule has 8 heteroatoms. The molecule has 2 N–H and O–H groups in total. The van der Waals surface area contributed by atoms with E-state index in [1.165, 1.54) is 13.1 Å². The highest BCUT2D eigenvalue weighted by Crippen LogP contribution is 2.26. The molecule has 0 heterocycles. The Kier molecular flexibility index (Phi) is 5.33. The number of anilines is 1. The summed E-state index contributed by atoms with van der Waals surface area (Å²) >= 11 is 3.15. The number of sulfonamides is 1. The quantitative estimate of drug-likeness (QED) is 0.636. The zero-order chi connectivity index (χ0) is 14.6. The van der Waals surface area contributed by atoms with Gasteiger partial charge in [-0.15, -0.1) is 0 Å². The van der Waals surface area contributed by atoms with Gasteiger partial charge in [0.25, 0.3) is 0 Å². The fraction of sp³-hybridized carbons (Fsp3) is 0.364. The number of carbonyl (C=O) groups is 1. The van der Waals surface area contributed by atoms with Crippen LogP contribution in [0.2, 0.25) is 0 Å². The summed E-state index contributed by atoms with van der Waals surface area (Å²) in [6.45, 7) is 1.51. The smallest absolute Gasteiger partial charge is 0.321 e. The van der Waals surface area contributed by atoms with Crippen LogP contribution in [-0.2, 0) is 19.6 Å². The van der Waals surface area contributed by atoms with Crippen molar-refractivity contribution in [2.75, 3.05) is 25.9 Å². The maximum absolute atomic E-state index is 12.3. The number of hydrogen-bond acceptors (Lipinski definition) is 5. The molecule has 19 heavy (non-hydrogen) atoms. The third-order valence-electron chi connectivity index (χ3n) is 2.30. The number of ether oxygens (including phenoxy) is 1. The average Bonchev–Trinajstić information content (AvgIpc) is 2.32. The molecule has 0 unspecified atom stereocenters. The molecular weight excluding hydrogens is 336 g/mol. The topological polar surface area (TPSA) is 89.7 Å². The largest absolute Gasteiger partial charge is 0.465 e. The van der Waals surface area contributed by atoms with Crippen LogP contribution in [0.15, 0.2) is 27.6 Å². The summed E-state index contributed by atoms with van der Waals surface area (Å²) in [7, 11) is -2.49. The average molecular weight is 351 g/mol. The van der Waals surface area contributed by atoms with Crippen LogP contribution in [0.1, 0.15) is 6.92 Å². The van der Waals surface area contributed by atoms with Crippen molar-refractivity contribution in [1.29, 1.82) is 0 Å². The molecule has 1 rings (SSSR count). The Balaban J connectivity index is 3.03. The highest BCUT2D eigenvalue weighted by atomic mass is 79.9. The molecule has 0 aliphatic rings. The molecule has 1 aromatic rings. The molecule has 0 aliphatic carbocycles. The lowest BCUT2D eigenvalue weighted by Crippen LogP contribution is -2.33. The molecule has 0 radical (unpaired) electrons. The molecular formula is C11H15BrN2O4S. The molecule has 0 bridgehead atoms. The van der Waals surface area contributed by atoms with Crippen molar-refractivity contribution in [2.45, 2.75) is 11.8 Å². The number of nitrogens with zero attached hydrogens (tertiary/aromatic N) is 1. The van der Waals surface area contributed by atoms with Crippen LogP contribution in [0.3, 0.4) is 0 Å². The van der Waals surface area contributed by atoms with E-state index in [9.17, 15) is 13.2 Å². The van der Waals surface area contributed by atoms with Crippen molar-refractivity contribution in [1.82, 2.24) is 4.31 Å². The van der Waals surface area contributed by atoms with Crippen molar-refractivity contribution in [3.05, 3.63) is 22.7 Å². The summed E-state index contributed by atoms with van der Waals surface area (Å²) in [5.74, 6) is -0.603. The fourth-order valence-corrected chi connectivity index (χ4v) is 3.43.